The SMILES string of the molecule is CCCOc1ccc(NC(=O)c2ccn(-c3ccccc3)n2)cc1OCCC. The normalized spacial score (nSPS) is 10.5. The smallest absolute Gasteiger partial charge is 0.276 e. The molecule has 0 bridgehead atoms. The summed E-state index contributed by atoms with van der Waals surface area (Å²) in [6, 6.07) is 16.7. The molecule has 0 saturated carbocycles. The van der Waals surface area contributed by atoms with Gasteiger partial charge in [0.25, 0.3) is 5.91 Å². The zero-order chi connectivity index (χ0) is 19.8. The van der Waals surface area contributed by atoms with Gasteiger partial charge in [-0.25, -0.2) is 4.68 Å². The molecule has 1 aromatic heterocycles. The van der Waals surface area contributed by atoms with Crippen molar-refractivity contribution in [3.63, 3.8) is 0 Å². The zero-order valence-corrected chi connectivity index (χ0v) is 16.2. The molecular formula is C22H25N3O3. The third kappa shape index (κ3) is 4.91. The molecule has 0 radical (unpaired) electrons. The van der Waals surface area contributed by atoms with E-state index in [9.17, 15) is 4.79 Å². The molecule has 28 heavy (non-hydrogen) atoms. The molecule has 0 atom stereocenters. The molecule has 0 unspecified atom stereocenters. The summed E-state index contributed by atoms with van der Waals surface area (Å²) in [6.07, 6.45) is 3.57. The Morgan fingerprint density at radius 1 is 0.964 bits per heavy atom. The van der Waals surface area contributed by atoms with Gasteiger partial charge in [-0.2, -0.15) is 5.10 Å². The molecule has 0 aliphatic carbocycles. The van der Waals surface area contributed by atoms with Crippen LogP contribution < -0.4 is 14.8 Å². The predicted molar refractivity (Wildman–Crippen MR) is 110 cm³/mol. The second-order valence-corrected chi connectivity index (χ2v) is 6.29. The van der Waals surface area contributed by atoms with E-state index >= 15 is 0 Å². The number of hydrogen-bond donors (Lipinski definition) is 1. The van der Waals surface area contributed by atoms with Crippen LogP contribution in [-0.4, -0.2) is 28.9 Å². The molecule has 0 spiro atoms. The van der Waals surface area contributed by atoms with Crippen LogP contribution in [0.5, 0.6) is 11.5 Å². The summed E-state index contributed by atoms with van der Waals surface area (Å²) in [6.45, 7) is 5.30. The molecule has 2 aromatic carbocycles. The van der Waals surface area contributed by atoms with Crippen LogP contribution in [0.15, 0.2) is 60.8 Å². The Bertz CT molecular complexity index is 906. The number of carbonyl (C=O) groups excluding carboxylic acids is 1. The number of rotatable bonds is 9. The zero-order valence-electron chi connectivity index (χ0n) is 16.2. The first-order chi connectivity index (χ1) is 13.7. The number of amides is 1. The Balaban J connectivity index is 1.73. The second kappa shape index (κ2) is 9.60. The molecule has 6 heteroatoms. The minimum atomic E-state index is -0.279. The van der Waals surface area contributed by atoms with Gasteiger partial charge in [-0.3, -0.25) is 4.79 Å². The van der Waals surface area contributed by atoms with E-state index in [-0.39, 0.29) is 5.91 Å². The van der Waals surface area contributed by atoms with Crippen molar-refractivity contribution >= 4 is 11.6 Å². The van der Waals surface area contributed by atoms with Crippen molar-refractivity contribution in [1.29, 1.82) is 0 Å². The van der Waals surface area contributed by atoms with Crippen LogP contribution in [0.4, 0.5) is 5.69 Å². The highest BCUT2D eigenvalue weighted by Crippen LogP contribution is 2.31. The number of anilines is 1. The number of carbonyl (C=O) groups is 1. The van der Waals surface area contributed by atoms with E-state index in [1.165, 1.54) is 0 Å². The molecular weight excluding hydrogens is 354 g/mol. The van der Waals surface area contributed by atoms with Crippen LogP contribution in [0.2, 0.25) is 0 Å². The quantitative estimate of drug-likeness (QED) is 0.585. The first kappa shape index (κ1) is 19.5. The third-order valence-corrected chi connectivity index (χ3v) is 3.97. The number of nitrogens with one attached hydrogen (secondary N) is 1. The molecule has 1 N–H and O–H groups in total. The van der Waals surface area contributed by atoms with Crippen LogP contribution >= 0.6 is 0 Å². The van der Waals surface area contributed by atoms with Gasteiger partial charge in [0.1, 0.15) is 0 Å². The van der Waals surface area contributed by atoms with Crippen LogP contribution in [0.1, 0.15) is 37.2 Å². The highest BCUT2D eigenvalue weighted by Gasteiger charge is 2.13. The lowest BCUT2D eigenvalue weighted by Crippen LogP contribution is -2.13. The van der Waals surface area contributed by atoms with Crippen molar-refractivity contribution < 1.29 is 14.3 Å². The van der Waals surface area contributed by atoms with Crippen LogP contribution in [0.25, 0.3) is 5.69 Å². The van der Waals surface area contributed by atoms with Gasteiger partial charge in [0, 0.05) is 18.0 Å². The molecule has 3 rings (SSSR count). The Morgan fingerprint density at radius 3 is 2.39 bits per heavy atom. The lowest BCUT2D eigenvalue weighted by molar-refractivity contribution is 0.102. The van der Waals surface area contributed by atoms with Gasteiger partial charge in [0.05, 0.1) is 18.9 Å². The fraction of sp³-hybridized carbons (Fsp3) is 0.273. The maximum atomic E-state index is 12.6. The lowest BCUT2D eigenvalue weighted by atomic mass is 10.2. The van der Waals surface area contributed by atoms with Crippen LogP contribution in [0.3, 0.4) is 0 Å². The number of para-hydroxylation sites is 1. The highest BCUT2D eigenvalue weighted by molar-refractivity contribution is 6.03. The van der Waals surface area contributed by atoms with Crippen molar-refractivity contribution in [1.82, 2.24) is 9.78 Å². The first-order valence-electron chi connectivity index (χ1n) is 9.53. The molecule has 1 heterocycles. The predicted octanol–water partition coefficient (Wildman–Crippen LogP) is 4.70. The van der Waals surface area contributed by atoms with Crippen LogP contribution in [0, 0.1) is 0 Å². The van der Waals surface area contributed by atoms with Gasteiger partial charge < -0.3 is 14.8 Å². The topological polar surface area (TPSA) is 65.4 Å². The Hall–Kier alpha value is -3.28. The van der Waals surface area contributed by atoms with Gasteiger partial charge in [0.15, 0.2) is 17.2 Å². The second-order valence-electron chi connectivity index (χ2n) is 6.29. The van der Waals surface area contributed by atoms with Gasteiger partial charge in [-0.05, 0) is 43.2 Å². The molecule has 0 aliphatic rings. The fourth-order valence-electron chi connectivity index (χ4n) is 2.61. The van der Waals surface area contributed by atoms with Crippen molar-refractivity contribution in [2.75, 3.05) is 18.5 Å². The van der Waals surface area contributed by atoms with E-state index < -0.39 is 0 Å². The largest absolute Gasteiger partial charge is 0.490 e. The van der Waals surface area contributed by atoms with Gasteiger partial charge in [-0.15, -0.1) is 0 Å². The van der Waals surface area contributed by atoms with E-state index in [0.29, 0.717) is 36.1 Å². The Morgan fingerprint density at radius 2 is 1.68 bits per heavy atom. The monoisotopic (exact) mass is 379 g/mol. The summed E-state index contributed by atoms with van der Waals surface area (Å²) in [5.74, 6) is 1.03. The van der Waals surface area contributed by atoms with E-state index in [2.05, 4.69) is 17.3 Å². The summed E-state index contributed by atoms with van der Waals surface area (Å²) in [5.41, 5.74) is 1.87. The maximum Gasteiger partial charge on any atom is 0.276 e. The van der Waals surface area contributed by atoms with E-state index in [0.717, 1.165) is 18.5 Å². The Kier molecular flexibility index (Phi) is 6.68. The fourth-order valence-corrected chi connectivity index (χ4v) is 2.61. The molecule has 3 aromatic rings. The van der Waals surface area contributed by atoms with E-state index in [1.807, 2.05) is 43.3 Å². The average molecular weight is 379 g/mol. The lowest BCUT2D eigenvalue weighted by Gasteiger charge is -2.14. The van der Waals surface area contributed by atoms with Gasteiger partial charge in [0.2, 0.25) is 0 Å². The summed E-state index contributed by atoms with van der Waals surface area (Å²) < 4.78 is 13.2. The van der Waals surface area contributed by atoms with Gasteiger partial charge >= 0.3 is 0 Å². The van der Waals surface area contributed by atoms with Crippen molar-refractivity contribution in [3.8, 4) is 17.2 Å². The molecule has 1 amide bonds. The van der Waals surface area contributed by atoms with Crippen molar-refractivity contribution in [3.05, 3.63) is 66.5 Å². The van der Waals surface area contributed by atoms with E-state index in [1.54, 1.807) is 29.1 Å². The molecule has 0 fully saturated rings. The maximum absolute atomic E-state index is 12.6. The van der Waals surface area contributed by atoms with E-state index in [4.69, 9.17) is 9.47 Å². The molecule has 6 nitrogen and oxygen atoms in total. The average Bonchev–Trinajstić information content (AvgIpc) is 3.22. The first-order valence-corrected chi connectivity index (χ1v) is 9.53. The van der Waals surface area contributed by atoms with Crippen LogP contribution in [-0.2, 0) is 0 Å². The minimum Gasteiger partial charge on any atom is -0.490 e. The summed E-state index contributed by atoms with van der Waals surface area (Å²) in [4.78, 5) is 12.6. The van der Waals surface area contributed by atoms with Gasteiger partial charge in [-0.1, -0.05) is 32.0 Å². The summed E-state index contributed by atoms with van der Waals surface area (Å²) >= 11 is 0. The molecule has 0 saturated heterocycles. The number of ether oxygens (including phenoxy) is 2. The summed E-state index contributed by atoms with van der Waals surface area (Å²) in [7, 11) is 0. The Labute approximate surface area is 165 Å². The summed E-state index contributed by atoms with van der Waals surface area (Å²) in [5, 5.41) is 7.23. The third-order valence-electron chi connectivity index (χ3n) is 3.97. The minimum absolute atomic E-state index is 0.279. The molecule has 0 aliphatic heterocycles. The number of hydrogen-bond acceptors (Lipinski definition) is 4. The highest BCUT2D eigenvalue weighted by atomic mass is 16.5. The van der Waals surface area contributed by atoms with Crippen molar-refractivity contribution in [2.45, 2.75) is 26.7 Å². The van der Waals surface area contributed by atoms with Crippen molar-refractivity contribution in [2.24, 2.45) is 0 Å². The number of aromatic nitrogens is 2. The number of benzene rings is 2. The standard InChI is InChI=1S/C22H25N3O3/c1-3-14-27-20-11-10-17(16-21(20)28-15-4-2)23-22(26)19-12-13-25(24-19)18-8-6-5-7-9-18/h5-13,16H,3-4,14-15H2,1-2H3,(H,23,26). The number of nitrogens with zero attached hydrogens (tertiary/aromatic N) is 2. The molecule has 146 valence electrons.